The number of hydrogen-bond donors (Lipinski definition) is 0. The maximum absolute atomic E-state index is 11.5. The predicted octanol–water partition coefficient (Wildman–Crippen LogP) is 5.15. The third-order valence-electron chi connectivity index (χ3n) is 4.66. The molecule has 3 atom stereocenters. The second-order valence-electron chi connectivity index (χ2n) is 6.58. The average Bonchev–Trinajstić information content (AvgIpc) is 3.41. The van der Waals surface area contributed by atoms with E-state index in [2.05, 4.69) is 28.9 Å². The van der Waals surface area contributed by atoms with Crippen LogP contribution < -0.4 is 0 Å². The van der Waals surface area contributed by atoms with E-state index in [0.29, 0.717) is 11.7 Å². The minimum Gasteiger partial charge on any atom is -0.500 e. The van der Waals surface area contributed by atoms with Crippen LogP contribution in [0.1, 0.15) is 43.8 Å². The monoisotopic (exact) mass is 436 g/mol. The number of aromatic nitrogens is 2. The minimum atomic E-state index is -0.461. The van der Waals surface area contributed by atoms with E-state index in [4.69, 9.17) is 14.5 Å². The topological polar surface area (TPSA) is 70.5 Å². The van der Waals surface area contributed by atoms with Crippen molar-refractivity contribution < 1.29 is 19.0 Å². The van der Waals surface area contributed by atoms with Gasteiger partial charge in [0.1, 0.15) is 16.5 Å². The van der Waals surface area contributed by atoms with Crippen LogP contribution >= 0.6 is 22.7 Å². The van der Waals surface area contributed by atoms with Gasteiger partial charge < -0.3 is 14.2 Å². The van der Waals surface area contributed by atoms with Crippen molar-refractivity contribution in [3.8, 4) is 10.7 Å². The zero-order chi connectivity index (χ0) is 21.4. The quantitative estimate of drug-likeness (QED) is 0.291. The molecule has 0 spiro atoms. The van der Waals surface area contributed by atoms with Crippen molar-refractivity contribution in [2.75, 3.05) is 21.3 Å². The Morgan fingerprint density at radius 3 is 2.52 bits per heavy atom. The average molecular weight is 437 g/mol. The van der Waals surface area contributed by atoms with Crippen LogP contribution in [0.2, 0.25) is 0 Å². The molecule has 158 valence electrons. The van der Waals surface area contributed by atoms with Crippen LogP contribution in [0, 0.1) is 5.92 Å². The fourth-order valence-corrected chi connectivity index (χ4v) is 4.39. The highest BCUT2D eigenvalue weighted by molar-refractivity contribution is 7.14. The van der Waals surface area contributed by atoms with Gasteiger partial charge in [-0.3, -0.25) is 0 Å². The number of esters is 1. The van der Waals surface area contributed by atoms with Crippen LogP contribution in [-0.2, 0) is 19.0 Å². The fourth-order valence-electron chi connectivity index (χ4n) is 2.62. The maximum Gasteiger partial charge on any atom is 0.333 e. The van der Waals surface area contributed by atoms with Gasteiger partial charge >= 0.3 is 5.97 Å². The zero-order valence-electron chi connectivity index (χ0n) is 17.7. The number of rotatable bonds is 10. The van der Waals surface area contributed by atoms with Crippen molar-refractivity contribution in [3.63, 3.8) is 0 Å². The smallest absolute Gasteiger partial charge is 0.333 e. The number of carbonyl (C=O) groups excluding carboxylic acids is 1. The third-order valence-corrected chi connectivity index (χ3v) is 6.62. The Morgan fingerprint density at radius 2 is 1.90 bits per heavy atom. The summed E-state index contributed by atoms with van der Waals surface area (Å²) in [6, 6.07) is 0. The van der Waals surface area contributed by atoms with Gasteiger partial charge in [0, 0.05) is 29.7 Å². The Morgan fingerprint density at radius 1 is 1.14 bits per heavy atom. The molecule has 6 nitrogen and oxygen atoms in total. The second kappa shape index (κ2) is 11.2. The highest BCUT2D eigenvalue weighted by atomic mass is 32.1. The first-order chi connectivity index (χ1) is 13.9. The van der Waals surface area contributed by atoms with Gasteiger partial charge in [0.05, 0.1) is 37.1 Å². The van der Waals surface area contributed by atoms with Gasteiger partial charge in [-0.05, 0) is 12.5 Å². The normalized spacial score (nSPS) is 15.3. The van der Waals surface area contributed by atoms with Gasteiger partial charge in [0.25, 0.3) is 0 Å². The van der Waals surface area contributed by atoms with Gasteiger partial charge in [-0.15, -0.1) is 22.7 Å². The first kappa shape index (κ1) is 23.3. The molecule has 0 fully saturated rings. The van der Waals surface area contributed by atoms with Crippen molar-refractivity contribution in [2.45, 2.75) is 39.2 Å². The lowest BCUT2D eigenvalue weighted by atomic mass is 10.0. The Kier molecular flexibility index (Phi) is 9.00. The molecular weight excluding hydrogens is 408 g/mol. The Bertz CT molecular complexity index is 856. The molecule has 0 bridgehead atoms. The molecule has 29 heavy (non-hydrogen) atoms. The largest absolute Gasteiger partial charge is 0.500 e. The molecule has 0 N–H and O–H groups in total. The number of ether oxygens (including phenoxy) is 3. The summed E-state index contributed by atoms with van der Waals surface area (Å²) in [4.78, 5) is 20.9. The number of methoxy groups -OCH3 is 3. The standard InChI is InChI=1S/C21H28N2O4S2/c1-7-13(2)20-23-16(12-29-20)21-22-15(11-28-21)8-9-17(25-4)14(3)18(26-5)10-19(24)27-6/h8-14,17H,7H2,1-6H3/b9-8+,18-10+/t13-,14+,17-/m0/s1. The van der Waals surface area contributed by atoms with E-state index >= 15 is 0 Å². The van der Waals surface area contributed by atoms with Crippen molar-refractivity contribution >= 4 is 34.7 Å². The summed E-state index contributed by atoms with van der Waals surface area (Å²) in [6.45, 7) is 6.28. The van der Waals surface area contributed by atoms with Gasteiger partial charge in [-0.25, -0.2) is 14.8 Å². The van der Waals surface area contributed by atoms with Gasteiger partial charge in [-0.2, -0.15) is 0 Å². The molecule has 0 aliphatic rings. The lowest BCUT2D eigenvalue weighted by Gasteiger charge is -2.21. The first-order valence-corrected chi connectivity index (χ1v) is 11.1. The van der Waals surface area contributed by atoms with Crippen LogP contribution in [0.25, 0.3) is 16.8 Å². The summed E-state index contributed by atoms with van der Waals surface area (Å²) < 4.78 is 15.6. The van der Waals surface area contributed by atoms with Gasteiger partial charge in [-0.1, -0.05) is 26.8 Å². The van der Waals surface area contributed by atoms with Crippen LogP contribution in [0.15, 0.2) is 28.7 Å². The molecule has 2 aromatic rings. The molecule has 0 aliphatic carbocycles. The fraction of sp³-hybridized carbons (Fsp3) is 0.476. The maximum atomic E-state index is 11.5. The SMILES string of the molecule is CC[C@H](C)c1nc(-c2nc(/C=C/[C@H](OC)[C@@H](C)/C(=C\C(=O)OC)OC)cs2)cs1. The number of thiazole rings is 2. The lowest BCUT2D eigenvalue weighted by molar-refractivity contribution is -0.135. The van der Waals surface area contributed by atoms with E-state index in [-0.39, 0.29) is 12.0 Å². The van der Waals surface area contributed by atoms with Crippen LogP contribution in [0.5, 0.6) is 0 Å². The summed E-state index contributed by atoms with van der Waals surface area (Å²) in [6.07, 6.45) is 5.95. The number of carbonyl (C=O) groups is 1. The summed E-state index contributed by atoms with van der Waals surface area (Å²) in [5, 5.41) is 6.11. The predicted molar refractivity (Wildman–Crippen MR) is 118 cm³/mol. The Balaban J connectivity index is 2.13. The van der Waals surface area contributed by atoms with E-state index in [0.717, 1.165) is 27.8 Å². The molecule has 0 unspecified atom stereocenters. The molecule has 0 saturated heterocycles. The number of nitrogens with zero attached hydrogens (tertiary/aromatic N) is 2. The molecule has 0 aliphatic heterocycles. The highest BCUT2D eigenvalue weighted by Crippen LogP contribution is 2.30. The van der Waals surface area contributed by atoms with Crippen LogP contribution in [0.4, 0.5) is 0 Å². The Labute approximate surface area is 180 Å². The van der Waals surface area contributed by atoms with E-state index in [1.807, 2.05) is 24.5 Å². The van der Waals surface area contributed by atoms with Crippen molar-refractivity contribution in [2.24, 2.45) is 5.92 Å². The van der Waals surface area contributed by atoms with Gasteiger partial charge in [0.15, 0.2) is 0 Å². The summed E-state index contributed by atoms with van der Waals surface area (Å²) >= 11 is 3.25. The molecule has 2 rings (SSSR count). The lowest BCUT2D eigenvalue weighted by Crippen LogP contribution is -2.21. The summed E-state index contributed by atoms with van der Waals surface area (Å²) in [7, 11) is 4.48. The highest BCUT2D eigenvalue weighted by Gasteiger charge is 2.21. The third kappa shape index (κ3) is 6.22. The molecule has 0 radical (unpaired) electrons. The van der Waals surface area contributed by atoms with Crippen LogP contribution in [0.3, 0.4) is 0 Å². The molecular formula is C21H28N2O4S2. The van der Waals surface area contributed by atoms with E-state index in [1.165, 1.54) is 20.3 Å². The van der Waals surface area contributed by atoms with E-state index < -0.39 is 5.97 Å². The summed E-state index contributed by atoms with van der Waals surface area (Å²) in [5.74, 6) is 0.323. The molecule has 2 heterocycles. The van der Waals surface area contributed by atoms with Crippen molar-refractivity contribution in [3.05, 3.63) is 39.4 Å². The molecule has 0 amide bonds. The second-order valence-corrected chi connectivity index (χ2v) is 8.33. The molecule has 0 aromatic carbocycles. The van der Waals surface area contributed by atoms with E-state index in [9.17, 15) is 4.79 Å². The van der Waals surface area contributed by atoms with E-state index in [1.54, 1.807) is 29.8 Å². The zero-order valence-corrected chi connectivity index (χ0v) is 19.3. The number of hydrogen-bond acceptors (Lipinski definition) is 8. The molecule has 8 heteroatoms. The summed E-state index contributed by atoms with van der Waals surface area (Å²) in [5.41, 5.74) is 1.77. The minimum absolute atomic E-state index is 0.171. The van der Waals surface area contributed by atoms with Gasteiger partial charge in [0.2, 0.25) is 0 Å². The van der Waals surface area contributed by atoms with Crippen LogP contribution in [-0.4, -0.2) is 43.4 Å². The Hall–Kier alpha value is -2.03. The van der Waals surface area contributed by atoms with Crippen molar-refractivity contribution in [1.29, 1.82) is 0 Å². The molecule has 0 saturated carbocycles. The molecule has 2 aromatic heterocycles. The van der Waals surface area contributed by atoms with Crippen molar-refractivity contribution in [1.82, 2.24) is 9.97 Å². The first-order valence-electron chi connectivity index (χ1n) is 9.39.